The van der Waals surface area contributed by atoms with Gasteiger partial charge in [-0.05, 0) is 116 Å². The first kappa shape index (κ1) is 22.0. The lowest BCUT2D eigenvalue weighted by Crippen LogP contribution is -2.48. The largest absolute Gasteiger partial charge is 0.480 e. The number of rotatable bonds is 5. The van der Waals surface area contributed by atoms with Gasteiger partial charge in [0.25, 0.3) is 5.91 Å². The number of carbonyl (C=O) groups excluding carboxylic acids is 1. The standard InChI is InChI=1S/C28H31ClN2O3/c29-23-13-21(28-14-17-10-18(15-28)12-19(11-17)16-28)5-8-24(23)30-22-6-3-20(4-7-22)26(32)31-9-1-2-25(31)27(33)34/h3-8,13,17-19,25,30H,1-2,9-12,14-16H2,(H,33,34). The zero-order chi connectivity index (χ0) is 23.4. The molecule has 178 valence electrons. The highest BCUT2D eigenvalue weighted by atomic mass is 35.5. The maximum atomic E-state index is 12.8. The van der Waals surface area contributed by atoms with Gasteiger partial charge >= 0.3 is 5.97 Å². The number of nitrogens with zero attached hydrogens (tertiary/aromatic N) is 1. The number of anilines is 2. The van der Waals surface area contributed by atoms with E-state index in [0.29, 0.717) is 23.9 Å². The highest BCUT2D eigenvalue weighted by Crippen LogP contribution is 2.61. The van der Waals surface area contributed by atoms with Crippen LogP contribution in [0.4, 0.5) is 11.4 Å². The molecular weight excluding hydrogens is 448 g/mol. The van der Waals surface area contributed by atoms with Gasteiger partial charge in [-0.15, -0.1) is 0 Å². The van der Waals surface area contributed by atoms with Crippen LogP contribution in [0.5, 0.6) is 0 Å². The molecule has 1 heterocycles. The third-order valence-corrected chi connectivity index (χ3v) is 9.14. The predicted molar refractivity (Wildman–Crippen MR) is 133 cm³/mol. The Morgan fingerprint density at radius 3 is 2.21 bits per heavy atom. The van der Waals surface area contributed by atoms with Crippen molar-refractivity contribution in [1.29, 1.82) is 0 Å². The number of carbonyl (C=O) groups is 2. The number of amides is 1. The molecule has 5 fully saturated rings. The molecule has 2 aromatic rings. The number of carboxylic acids is 1. The molecule has 0 radical (unpaired) electrons. The van der Waals surface area contributed by atoms with Crippen LogP contribution in [0, 0.1) is 17.8 Å². The number of hydrogen-bond donors (Lipinski definition) is 2. The maximum absolute atomic E-state index is 12.8. The minimum absolute atomic E-state index is 0.227. The Hall–Kier alpha value is -2.53. The fourth-order valence-electron chi connectivity index (χ4n) is 7.69. The molecule has 0 spiro atoms. The van der Waals surface area contributed by atoms with Crippen molar-refractivity contribution in [3.05, 3.63) is 58.6 Å². The lowest BCUT2D eigenvalue weighted by molar-refractivity contribution is -0.141. The summed E-state index contributed by atoms with van der Waals surface area (Å²) in [7, 11) is 0. The molecule has 34 heavy (non-hydrogen) atoms. The lowest BCUT2D eigenvalue weighted by Gasteiger charge is -2.57. The average molecular weight is 479 g/mol. The first-order chi connectivity index (χ1) is 16.4. The highest BCUT2D eigenvalue weighted by molar-refractivity contribution is 6.33. The summed E-state index contributed by atoms with van der Waals surface area (Å²) in [6, 6.07) is 13.0. The number of nitrogens with one attached hydrogen (secondary N) is 1. The summed E-state index contributed by atoms with van der Waals surface area (Å²) in [5.41, 5.74) is 3.93. The quantitative estimate of drug-likeness (QED) is 0.533. The monoisotopic (exact) mass is 478 g/mol. The summed E-state index contributed by atoms with van der Waals surface area (Å²) in [5, 5.41) is 13.5. The second kappa shape index (κ2) is 8.30. The molecule has 2 N–H and O–H groups in total. The van der Waals surface area contributed by atoms with Gasteiger partial charge in [0.05, 0.1) is 10.7 Å². The fourth-order valence-corrected chi connectivity index (χ4v) is 7.92. The number of halogens is 1. The third kappa shape index (κ3) is 3.78. The molecule has 4 aliphatic carbocycles. The van der Waals surface area contributed by atoms with E-state index in [1.165, 1.54) is 49.0 Å². The van der Waals surface area contributed by atoms with Gasteiger partial charge in [0.15, 0.2) is 0 Å². The van der Waals surface area contributed by atoms with Crippen LogP contribution in [0.1, 0.15) is 67.3 Å². The molecule has 1 aliphatic heterocycles. The van der Waals surface area contributed by atoms with Crippen LogP contribution in [0.3, 0.4) is 0 Å². The fraction of sp³-hybridized carbons (Fsp3) is 0.500. The Balaban J connectivity index is 1.16. The Morgan fingerprint density at radius 1 is 0.971 bits per heavy atom. The van der Waals surface area contributed by atoms with Crippen molar-refractivity contribution in [1.82, 2.24) is 4.90 Å². The van der Waals surface area contributed by atoms with Gasteiger partial charge in [-0.2, -0.15) is 0 Å². The van der Waals surface area contributed by atoms with Gasteiger partial charge < -0.3 is 15.3 Å². The van der Waals surface area contributed by atoms with Gasteiger partial charge in [-0.1, -0.05) is 17.7 Å². The molecule has 1 amide bonds. The SMILES string of the molecule is O=C(O)C1CCCN1C(=O)c1ccc(Nc2ccc(C34CC5CC(CC(C5)C3)C4)cc2Cl)cc1. The van der Waals surface area contributed by atoms with E-state index >= 15 is 0 Å². The number of hydrogen-bond acceptors (Lipinski definition) is 3. The summed E-state index contributed by atoms with van der Waals surface area (Å²) in [5.74, 6) is 1.53. The molecule has 2 aromatic carbocycles. The van der Waals surface area contributed by atoms with Gasteiger partial charge in [-0.25, -0.2) is 4.79 Å². The van der Waals surface area contributed by atoms with Crippen molar-refractivity contribution in [3.8, 4) is 0 Å². The van der Waals surface area contributed by atoms with E-state index in [9.17, 15) is 14.7 Å². The zero-order valence-corrected chi connectivity index (χ0v) is 20.1. The predicted octanol–water partition coefficient (Wildman–Crippen LogP) is 6.24. The Kier molecular flexibility index (Phi) is 5.36. The van der Waals surface area contributed by atoms with Crippen LogP contribution in [0.2, 0.25) is 5.02 Å². The summed E-state index contributed by atoms with van der Waals surface area (Å²) in [4.78, 5) is 25.7. The van der Waals surface area contributed by atoms with E-state index in [4.69, 9.17) is 11.6 Å². The molecule has 6 heteroatoms. The molecule has 4 saturated carbocycles. The second-order valence-corrected chi connectivity index (χ2v) is 11.5. The van der Waals surface area contributed by atoms with E-state index in [-0.39, 0.29) is 5.91 Å². The van der Waals surface area contributed by atoms with Gasteiger partial charge in [-0.3, -0.25) is 4.79 Å². The minimum Gasteiger partial charge on any atom is -0.480 e. The van der Waals surface area contributed by atoms with E-state index < -0.39 is 12.0 Å². The van der Waals surface area contributed by atoms with Gasteiger partial charge in [0.1, 0.15) is 6.04 Å². The first-order valence-corrected chi connectivity index (χ1v) is 13.0. The van der Waals surface area contributed by atoms with Crippen LogP contribution < -0.4 is 5.32 Å². The molecule has 5 aliphatic rings. The summed E-state index contributed by atoms with van der Waals surface area (Å²) >= 11 is 6.75. The normalized spacial score (nSPS) is 31.6. The van der Waals surface area contributed by atoms with Crippen molar-refractivity contribution < 1.29 is 14.7 Å². The molecule has 7 rings (SSSR count). The Morgan fingerprint density at radius 2 is 1.62 bits per heavy atom. The maximum Gasteiger partial charge on any atom is 0.326 e. The van der Waals surface area contributed by atoms with Crippen molar-refractivity contribution in [2.75, 3.05) is 11.9 Å². The molecule has 0 aromatic heterocycles. The highest BCUT2D eigenvalue weighted by Gasteiger charge is 2.51. The molecule has 1 atom stereocenters. The van der Waals surface area contributed by atoms with Crippen LogP contribution >= 0.6 is 11.6 Å². The first-order valence-electron chi connectivity index (χ1n) is 12.6. The van der Waals surface area contributed by atoms with Crippen molar-refractivity contribution >= 4 is 34.9 Å². The summed E-state index contributed by atoms with van der Waals surface area (Å²) in [6.07, 6.45) is 9.48. The van der Waals surface area contributed by atoms with Crippen LogP contribution in [0.25, 0.3) is 0 Å². The molecular formula is C28H31ClN2O3. The minimum atomic E-state index is -0.934. The van der Waals surface area contributed by atoms with Gasteiger partial charge in [0.2, 0.25) is 0 Å². The van der Waals surface area contributed by atoms with E-state index in [2.05, 4.69) is 23.5 Å². The van der Waals surface area contributed by atoms with E-state index in [1.807, 2.05) is 12.1 Å². The molecule has 1 saturated heterocycles. The average Bonchev–Trinajstić information content (AvgIpc) is 3.30. The van der Waals surface area contributed by atoms with Crippen molar-refractivity contribution in [2.45, 2.75) is 62.8 Å². The van der Waals surface area contributed by atoms with E-state index in [1.54, 1.807) is 12.1 Å². The smallest absolute Gasteiger partial charge is 0.326 e. The number of carboxylic acid groups (broad SMARTS) is 1. The molecule has 5 nitrogen and oxygen atoms in total. The third-order valence-electron chi connectivity index (χ3n) is 8.83. The molecule has 4 bridgehead atoms. The van der Waals surface area contributed by atoms with Crippen LogP contribution in [-0.4, -0.2) is 34.5 Å². The summed E-state index contributed by atoms with van der Waals surface area (Å²) in [6.45, 7) is 0.488. The Labute approximate surface area is 205 Å². The summed E-state index contributed by atoms with van der Waals surface area (Å²) < 4.78 is 0. The van der Waals surface area contributed by atoms with Crippen molar-refractivity contribution in [3.63, 3.8) is 0 Å². The van der Waals surface area contributed by atoms with Gasteiger partial charge in [0, 0.05) is 17.8 Å². The van der Waals surface area contributed by atoms with Crippen molar-refractivity contribution in [2.24, 2.45) is 17.8 Å². The lowest BCUT2D eigenvalue weighted by atomic mass is 9.48. The number of aliphatic carboxylic acids is 1. The van der Waals surface area contributed by atoms with E-state index in [0.717, 1.165) is 40.6 Å². The van der Waals surface area contributed by atoms with Crippen LogP contribution in [-0.2, 0) is 10.2 Å². The second-order valence-electron chi connectivity index (χ2n) is 11.1. The number of likely N-dealkylation sites (tertiary alicyclic amines) is 1. The van der Waals surface area contributed by atoms with Crippen LogP contribution in [0.15, 0.2) is 42.5 Å². The number of benzene rings is 2. The Bertz CT molecular complexity index is 1090. The molecule has 1 unspecified atom stereocenters. The zero-order valence-electron chi connectivity index (χ0n) is 19.3. The topological polar surface area (TPSA) is 69.6 Å².